The van der Waals surface area contributed by atoms with E-state index in [4.69, 9.17) is 16.3 Å². The molecule has 9 heteroatoms. The predicted molar refractivity (Wildman–Crippen MR) is 151 cm³/mol. The Morgan fingerprint density at radius 1 is 0.850 bits per heavy atom. The van der Waals surface area contributed by atoms with Crippen molar-refractivity contribution in [1.29, 1.82) is 0 Å². The van der Waals surface area contributed by atoms with Gasteiger partial charge in [0.15, 0.2) is 0 Å². The quantitative estimate of drug-likeness (QED) is 0.265. The average molecular weight is 568 g/mol. The molecule has 40 heavy (non-hydrogen) atoms. The van der Waals surface area contributed by atoms with E-state index in [0.717, 1.165) is 42.4 Å². The smallest absolute Gasteiger partial charge is 0.379 e. The highest BCUT2D eigenvalue weighted by Crippen LogP contribution is 2.39. The zero-order chi connectivity index (χ0) is 28.1. The number of nitrogens with zero attached hydrogens (tertiary/aromatic N) is 2. The van der Waals surface area contributed by atoms with Crippen molar-refractivity contribution in [2.24, 2.45) is 0 Å². The van der Waals surface area contributed by atoms with E-state index < -0.39 is 11.7 Å². The van der Waals surface area contributed by atoms with Crippen molar-refractivity contribution in [3.8, 4) is 28.2 Å². The largest absolute Gasteiger partial charge is 0.418 e. The number of carbonyl (C=O) groups excluding carboxylic acids is 1. The highest BCUT2D eigenvalue weighted by Gasteiger charge is 2.34. The van der Waals surface area contributed by atoms with Gasteiger partial charge in [-0.1, -0.05) is 60.1 Å². The van der Waals surface area contributed by atoms with Crippen LogP contribution in [0.3, 0.4) is 0 Å². The fraction of sp³-hybridized carbons (Fsp3) is 0.258. The number of hydrogen-bond donors (Lipinski definition) is 1. The molecule has 0 spiro atoms. The number of carbonyl (C=O) groups is 1. The van der Waals surface area contributed by atoms with E-state index in [9.17, 15) is 18.0 Å². The van der Waals surface area contributed by atoms with Crippen LogP contribution in [0.1, 0.15) is 11.1 Å². The molecule has 1 amide bonds. The number of hydrogen-bond acceptors (Lipinski definition) is 3. The van der Waals surface area contributed by atoms with Gasteiger partial charge in [0.2, 0.25) is 5.91 Å². The Bertz CT molecular complexity index is 1440. The summed E-state index contributed by atoms with van der Waals surface area (Å²) in [5.74, 6) is -0.0755. The van der Waals surface area contributed by atoms with E-state index in [2.05, 4.69) is 10.2 Å². The van der Waals surface area contributed by atoms with Crippen LogP contribution >= 0.6 is 11.6 Å². The summed E-state index contributed by atoms with van der Waals surface area (Å²) in [6, 6.07) is 23.5. The summed E-state index contributed by atoms with van der Waals surface area (Å²) in [5, 5.41) is 3.50. The summed E-state index contributed by atoms with van der Waals surface area (Å²) in [6.45, 7) is 4.51. The second-order valence-electron chi connectivity index (χ2n) is 9.64. The molecule has 208 valence electrons. The lowest BCUT2D eigenvalue weighted by Gasteiger charge is -2.26. The molecule has 0 bridgehead atoms. The van der Waals surface area contributed by atoms with Crippen molar-refractivity contribution in [2.45, 2.75) is 12.6 Å². The van der Waals surface area contributed by atoms with Crippen LogP contribution in [0.4, 0.5) is 13.2 Å². The SMILES string of the molecule is O=C(Cc1ccc(-c2ccc(-c3ccc(Cl)cc3)n2-c2ccccc2C(F)(F)F)cc1)NCCN1CCOCC1. The van der Waals surface area contributed by atoms with Gasteiger partial charge in [0.05, 0.1) is 42.3 Å². The highest BCUT2D eigenvalue weighted by atomic mass is 35.5. The molecule has 3 aromatic carbocycles. The average Bonchev–Trinajstić information content (AvgIpc) is 3.39. The Balaban J connectivity index is 1.40. The fourth-order valence-electron chi connectivity index (χ4n) is 4.90. The zero-order valence-corrected chi connectivity index (χ0v) is 22.5. The lowest BCUT2D eigenvalue weighted by Crippen LogP contribution is -2.41. The van der Waals surface area contributed by atoms with Gasteiger partial charge >= 0.3 is 6.18 Å². The first-order valence-corrected chi connectivity index (χ1v) is 13.5. The van der Waals surface area contributed by atoms with Gasteiger partial charge in [0.25, 0.3) is 0 Å². The first-order valence-electron chi connectivity index (χ1n) is 13.1. The molecule has 1 fully saturated rings. The van der Waals surface area contributed by atoms with Crippen LogP contribution in [0.25, 0.3) is 28.2 Å². The molecule has 5 rings (SSSR count). The Morgan fingerprint density at radius 2 is 1.45 bits per heavy atom. The van der Waals surface area contributed by atoms with Gasteiger partial charge in [-0.15, -0.1) is 0 Å². The van der Waals surface area contributed by atoms with Gasteiger partial charge < -0.3 is 14.6 Å². The summed E-state index contributed by atoms with van der Waals surface area (Å²) < 4.78 is 49.1. The topological polar surface area (TPSA) is 46.5 Å². The highest BCUT2D eigenvalue weighted by molar-refractivity contribution is 6.30. The molecule has 1 aliphatic rings. The first-order chi connectivity index (χ1) is 19.3. The summed E-state index contributed by atoms with van der Waals surface area (Å²) >= 11 is 6.07. The van der Waals surface area contributed by atoms with Gasteiger partial charge in [-0.3, -0.25) is 9.69 Å². The number of para-hydroxylation sites is 1. The third kappa shape index (κ3) is 6.58. The van der Waals surface area contributed by atoms with Crippen LogP contribution in [-0.4, -0.2) is 54.8 Å². The molecule has 4 aromatic rings. The molecular weight excluding hydrogens is 539 g/mol. The maximum Gasteiger partial charge on any atom is 0.418 e. The van der Waals surface area contributed by atoms with Crippen LogP contribution < -0.4 is 5.32 Å². The Labute approximate surface area is 236 Å². The molecule has 2 heterocycles. The summed E-state index contributed by atoms with van der Waals surface area (Å²) in [4.78, 5) is 14.7. The number of halogens is 4. The van der Waals surface area contributed by atoms with Gasteiger partial charge in [0.1, 0.15) is 0 Å². The minimum absolute atomic E-state index is 0.0312. The molecule has 1 aliphatic heterocycles. The molecule has 0 unspecified atom stereocenters. The minimum atomic E-state index is -4.53. The summed E-state index contributed by atoms with van der Waals surface area (Å²) in [6.07, 6.45) is -4.31. The van der Waals surface area contributed by atoms with Crippen LogP contribution in [0.2, 0.25) is 5.02 Å². The van der Waals surface area contributed by atoms with E-state index in [1.165, 1.54) is 12.1 Å². The second kappa shape index (κ2) is 12.3. The maximum atomic E-state index is 14.1. The molecule has 0 saturated carbocycles. The molecule has 5 nitrogen and oxygen atoms in total. The molecule has 0 atom stereocenters. The molecular formula is C31H29ClF3N3O2. The molecule has 0 aliphatic carbocycles. The Morgan fingerprint density at radius 3 is 2.08 bits per heavy atom. The zero-order valence-electron chi connectivity index (χ0n) is 21.8. The molecule has 1 saturated heterocycles. The van der Waals surface area contributed by atoms with Crippen molar-refractivity contribution < 1.29 is 22.7 Å². The lowest BCUT2D eigenvalue weighted by molar-refractivity contribution is -0.137. The molecule has 1 N–H and O–H groups in total. The van der Waals surface area contributed by atoms with Crippen molar-refractivity contribution in [3.63, 3.8) is 0 Å². The normalized spacial score (nSPS) is 14.3. The van der Waals surface area contributed by atoms with E-state index in [-0.39, 0.29) is 18.0 Å². The van der Waals surface area contributed by atoms with Gasteiger partial charge in [-0.05, 0) is 53.1 Å². The third-order valence-corrected chi connectivity index (χ3v) is 7.19. The van der Waals surface area contributed by atoms with Gasteiger partial charge in [-0.2, -0.15) is 13.2 Å². The van der Waals surface area contributed by atoms with Gasteiger partial charge in [-0.25, -0.2) is 0 Å². The van der Waals surface area contributed by atoms with E-state index in [0.29, 0.717) is 36.2 Å². The number of rotatable bonds is 8. The first kappa shape index (κ1) is 28.0. The van der Waals surface area contributed by atoms with E-state index in [1.54, 1.807) is 34.9 Å². The summed E-state index contributed by atoms with van der Waals surface area (Å²) in [7, 11) is 0. The number of benzene rings is 3. The standard InChI is InChI=1S/C31H29ClF3N3O2/c32-25-11-9-24(10-12-25)28-14-13-27(38(28)29-4-2-1-3-26(29)31(33,34)35)23-7-5-22(6-8-23)21-30(39)36-15-16-37-17-19-40-20-18-37/h1-14H,15-21H2,(H,36,39). The molecule has 1 aromatic heterocycles. The number of nitrogens with one attached hydrogen (secondary N) is 1. The number of morpholine rings is 1. The minimum Gasteiger partial charge on any atom is -0.379 e. The second-order valence-corrected chi connectivity index (χ2v) is 10.1. The van der Waals surface area contributed by atoms with E-state index in [1.807, 2.05) is 36.4 Å². The number of aromatic nitrogens is 1. The van der Waals surface area contributed by atoms with Crippen molar-refractivity contribution >= 4 is 17.5 Å². The Kier molecular flexibility index (Phi) is 8.59. The maximum absolute atomic E-state index is 14.1. The monoisotopic (exact) mass is 567 g/mol. The van der Waals surface area contributed by atoms with Crippen LogP contribution in [0, 0.1) is 0 Å². The summed E-state index contributed by atoms with van der Waals surface area (Å²) in [5.41, 5.74) is 2.79. The molecule has 0 radical (unpaired) electrons. The van der Waals surface area contributed by atoms with Crippen LogP contribution in [-0.2, 0) is 22.1 Å². The van der Waals surface area contributed by atoms with E-state index >= 15 is 0 Å². The number of ether oxygens (including phenoxy) is 1. The fourth-order valence-corrected chi connectivity index (χ4v) is 5.02. The van der Waals surface area contributed by atoms with Gasteiger partial charge in [0, 0.05) is 31.2 Å². The Hall–Kier alpha value is -3.59. The number of alkyl halides is 3. The lowest BCUT2D eigenvalue weighted by atomic mass is 10.1. The van der Waals surface area contributed by atoms with Crippen molar-refractivity contribution in [1.82, 2.24) is 14.8 Å². The predicted octanol–water partition coefficient (Wildman–Crippen LogP) is 6.47. The van der Waals surface area contributed by atoms with Crippen LogP contribution in [0.15, 0.2) is 84.9 Å². The van der Waals surface area contributed by atoms with Crippen molar-refractivity contribution in [3.05, 3.63) is 101 Å². The number of amides is 1. The third-order valence-electron chi connectivity index (χ3n) is 6.94. The van der Waals surface area contributed by atoms with Crippen LogP contribution in [0.5, 0.6) is 0 Å². The van der Waals surface area contributed by atoms with Crippen molar-refractivity contribution in [2.75, 3.05) is 39.4 Å².